The molecule has 0 saturated heterocycles. The molecule has 0 heterocycles. The third-order valence-electron chi connectivity index (χ3n) is 4.28. The molecule has 3 rings (SSSR count). The Kier molecular flexibility index (Phi) is 2.98. The highest BCUT2D eigenvalue weighted by Crippen LogP contribution is 2.46. The lowest BCUT2D eigenvalue weighted by Gasteiger charge is -2.24. The number of carbonyl (C=O) groups is 1. The smallest absolute Gasteiger partial charge is 0.162 e. The van der Waals surface area contributed by atoms with Crippen LogP contribution < -0.4 is 9.47 Å². The van der Waals surface area contributed by atoms with Gasteiger partial charge in [0.1, 0.15) is 12.4 Å². The van der Waals surface area contributed by atoms with Gasteiger partial charge in [0.25, 0.3) is 0 Å². The van der Waals surface area contributed by atoms with Gasteiger partial charge in [0.05, 0.1) is 7.11 Å². The highest BCUT2D eigenvalue weighted by molar-refractivity contribution is 5.76. The van der Waals surface area contributed by atoms with Gasteiger partial charge in [0, 0.05) is 5.56 Å². The first-order valence-electron chi connectivity index (χ1n) is 6.60. The molecule has 18 heavy (non-hydrogen) atoms. The highest BCUT2D eigenvalue weighted by Gasteiger charge is 2.41. The van der Waals surface area contributed by atoms with E-state index in [0.717, 1.165) is 18.6 Å². The number of rotatable bonds is 4. The van der Waals surface area contributed by atoms with Crippen molar-refractivity contribution < 1.29 is 14.3 Å². The predicted octanol–water partition coefficient (Wildman–Crippen LogP) is 3.08. The van der Waals surface area contributed by atoms with E-state index in [1.54, 1.807) is 25.3 Å². The molecule has 3 heteroatoms. The van der Waals surface area contributed by atoms with Gasteiger partial charge in [-0.25, -0.2) is 0 Å². The summed E-state index contributed by atoms with van der Waals surface area (Å²) in [5.41, 5.74) is 0.633. The molecule has 1 aromatic carbocycles. The van der Waals surface area contributed by atoms with Crippen molar-refractivity contribution in [2.75, 3.05) is 7.11 Å². The third kappa shape index (κ3) is 1.98. The first-order valence-corrected chi connectivity index (χ1v) is 6.60. The van der Waals surface area contributed by atoms with Crippen molar-refractivity contribution in [1.29, 1.82) is 0 Å². The predicted molar refractivity (Wildman–Crippen MR) is 68.2 cm³/mol. The first-order chi connectivity index (χ1) is 8.80. The molecule has 0 radical (unpaired) electrons. The highest BCUT2D eigenvalue weighted by atomic mass is 16.5. The zero-order valence-corrected chi connectivity index (χ0v) is 10.6. The van der Waals surface area contributed by atoms with Crippen LogP contribution in [0.3, 0.4) is 0 Å². The molecule has 2 aliphatic carbocycles. The Morgan fingerprint density at radius 1 is 1.22 bits per heavy atom. The van der Waals surface area contributed by atoms with E-state index >= 15 is 0 Å². The maximum Gasteiger partial charge on any atom is 0.162 e. The Balaban J connectivity index is 1.80. The molecule has 0 aromatic heterocycles. The number of methoxy groups -OCH3 is 1. The topological polar surface area (TPSA) is 35.5 Å². The lowest BCUT2D eigenvalue weighted by molar-refractivity contribution is 0.112. The summed E-state index contributed by atoms with van der Waals surface area (Å²) in [6, 6.07) is 5.32. The van der Waals surface area contributed by atoms with Gasteiger partial charge in [-0.15, -0.1) is 0 Å². The van der Waals surface area contributed by atoms with E-state index in [-0.39, 0.29) is 0 Å². The molecule has 0 unspecified atom stereocenters. The van der Waals surface area contributed by atoms with E-state index in [1.165, 1.54) is 19.3 Å². The molecule has 2 saturated carbocycles. The van der Waals surface area contributed by atoms with Crippen LogP contribution in [-0.4, -0.2) is 19.5 Å². The summed E-state index contributed by atoms with van der Waals surface area (Å²) in [5, 5.41) is 0. The Morgan fingerprint density at radius 2 is 2.11 bits per heavy atom. The Morgan fingerprint density at radius 3 is 2.72 bits per heavy atom. The fraction of sp³-hybridized carbons (Fsp3) is 0.533. The molecule has 0 spiro atoms. The van der Waals surface area contributed by atoms with Crippen LogP contribution in [0.25, 0.3) is 0 Å². The van der Waals surface area contributed by atoms with Gasteiger partial charge < -0.3 is 9.47 Å². The summed E-state index contributed by atoms with van der Waals surface area (Å²) in [5.74, 6) is 2.96. The van der Waals surface area contributed by atoms with Crippen LogP contribution in [-0.2, 0) is 0 Å². The van der Waals surface area contributed by atoms with Crippen molar-refractivity contribution in [3.8, 4) is 11.5 Å². The first kappa shape index (κ1) is 11.6. The molecule has 2 aliphatic rings. The maximum absolute atomic E-state index is 10.8. The standard InChI is InChI=1S/C15H18O3/c1-17-13-5-3-11(9-16)8-15(13)18-14-7-10-2-4-12(14)6-10/h3,5,8-10,12,14H,2,4,6-7H2,1H3/t10-,12+,14-/m0/s1. The molecule has 96 valence electrons. The fourth-order valence-corrected chi connectivity index (χ4v) is 3.35. The number of carbonyl (C=O) groups excluding carboxylic acids is 1. The Bertz CT molecular complexity index is 455. The largest absolute Gasteiger partial charge is 0.493 e. The third-order valence-corrected chi connectivity index (χ3v) is 4.28. The van der Waals surface area contributed by atoms with Crippen molar-refractivity contribution in [2.45, 2.75) is 31.8 Å². The molecule has 3 nitrogen and oxygen atoms in total. The lowest BCUT2D eigenvalue weighted by Crippen LogP contribution is -2.23. The summed E-state index contributed by atoms with van der Waals surface area (Å²) in [4.78, 5) is 10.8. The number of aldehydes is 1. The van der Waals surface area contributed by atoms with Crippen molar-refractivity contribution in [1.82, 2.24) is 0 Å². The van der Waals surface area contributed by atoms with Gasteiger partial charge in [-0.3, -0.25) is 4.79 Å². The van der Waals surface area contributed by atoms with Crippen LogP contribution in [0.1, 0.15) is 36.0 Å². The van der Waals surface area contributed by atoms with Crippen molar-refractivity contribution in [3.05, 3.63) is 23.8 Å². The number of hydrogen-bond acceptors (Lipinski definition) is 3. The second-order valence-corrected chi connectivity index (χ2v) is 5.36. The quantitative estimate of drug-likeness (QED) is 0.766. The van der Waals surface area contributed by atoms with E-state index in [9.17, 15) is 4.79 Å². The SMILES string of the molecule is COc1ccc(C=O)cc1O[C@H]1C[C@H]2CC[C@@H]1C2. The minimum absolute atomic E-state index is 0.305. The van der Waals surface area contributed by atoms with Crippen LogP contribution in [0.5, 0.6) is 11.5 Å². The van der Waals surface area contributed by atoms with Crippen molar-refractivity contribution in [2.24, 2.45) is 11.8 Å². The molecule has 0 aliphatic heterocycles. The molecule has 2 fully saturated rings. The van der Waals surface area contributed by atoms with Crippen molar-refractivity contribution >= 4 is 6.29 Å². The van der Waals surface area contributed by atoms with Crippen LogP contribution >= 0.6 is 0 Å². The second-order valence-electron chi connectivity index (χ2n) is 5.36. The number of fused-ring (bicyclic) bond motifs is 2. The van der Waals surface area contributed by atoms with Crippen LogP contribution in [0, 0.1) is 11.8 Å². The fourth-order valence-electron chi connectivity index (χ4n) is 3.35. The molecule has 0 amide bonds. The van der Waals surface area contributed by atoms with E-state index in [4.69, 9.17) is 9.47 Å². The molecule has 2 bridgehead atoms. The zero-order chi connectivity index (χ0) is 12.5. The van der Waals surface area contributed by atoms with Gasteiger partial charge >= 0.3 is 0 Å². The summed E-state index contributed by atoms with van der Waals surface area (Å²) in [6.07, 6.45) is 6.24. The number of hydrogen-bond donors (Lipinski definition) is 0. The van der Waals surface area contributed by atoms with E-state index in [1.807, 2.05) is 0 Å². The molecular formula is C15H18O3. The normalized spacial score (nSPS) is 29.3. The second kappa shape index (κ2) is 4.63. The minimum Gasteiger partial charge on any atom is -0.493 e. The Labute approximate surface area is 107 Å². The number of ether oxygens (including phenoxy) is 2. The monoisotopic (exact) mass is 246 g/mol. The summed E-state index contributed by atoms with van der Waals surface area (Å²) in [7, 11) is 1.63. The lowest BCUT2D eigenvalue weighted by atomic mass is 9.97. The summed E-state index contributed by atoms with van der Waals surface area (Å²) >= 11 is 0. The van der Waals surface area contributed by atoms with E-state index < -0.39 is 0 Å². The average Bonchev–Trinajstić information content (AvgIpc) is 3.01. The van der Waals surface area contributed by atoms with Gasteiger partial charge in [-0.05, 0) is 55.7 Å². The summed E-state index contributed by atoms with van der Waals surface area (Å²) < 4.78 is 11.4. The maximum atomic E-state index is 10.8. The van der Waals surface area contributed by atoms with E-state index in [0.29, 0.717) is 29.1 Å². The molecular weight excluding hydrogens is 228 g/mol. The molecule has 3 atom stereocenters. The summed E-state index contributed by atoms with van der Waals surface area (Å²) in [6.45, 7) is 0. The molecule has 1 aromatic rings. The van der Waals surface area contributed by atoms with Gasteiger partial charge in [0.2, 0.25) is 0 Å². The van der Waals surface area contributed by atoms with Crippen molar-refractivity contribution in [3.63, 3.8) is 0 Å². The zero-order valence-electron chi connectivity index (χ0n) is 10.6. The van der Waals surface area contributed by atoms with Crippen LogP contribution in [0.4, 0.5) is 0 Å². The van der Waals surface area contributed by atoms with E-state index in [2.05, 4.69) is 0 Å². The minimum atomic E-state index is 0.305. The van der Waals surface area contributed by atoms with Gasteiger partial charge in [0.15, 0.2) is 11.5 Å². The number of benzene rings is 1. The van der Waals surface area contributed by atoms with Crippen LogP contribution in [0.2, 0.25) is 0 Å². The van der Waals surface area contributed by atoms with Gasteiger partial charge in [-0.1, -0.05) is 0 Å². The Hall–Kier alpha value is -1.51. The van der Waals surface area contributed by atoms with Crippen LogP contribution in [0.15, 0.2) is 18.2 Å². The molecule has 0 N–H and O–H groups in total. The average molecular weight is 246 g/mol. The van der Waals surface area contributed by atoms with Gasteiger partial charge in [-0.2, -0.15) is 0 Å².